The van der Waals surface area contributed by atoms with Gasteiger partial charge in [-0.1, -0.05) is 62.4 Å². The van der Waals surface area contributed by atoms with Gasteiger partial charge in [0, 0.05) is 103 Å². The van der Waals surface area contributed by atoms with Crippen LogP contribution in [0.15, 0.2) is 60.7 Å². The average molecular weight is 920 g/mol. The zero-order valence-electron chi connectivity index (χ0n) is 39.5. The van der Waals surface area contributed by atoms with E-state index in [9.17, 15) is 19.8 Å². The van der Waals surface area contributed by atoms with Gasteiger partial charge in [-0.05, 0) is 55.6 Å². The van der Waals surface area contributed by atoms with Crippen molar-refractivity contribution in [3.8, 4) is 0 Å². The molecule has 2 saturated heterocycles. The van der Waals surface area contributed by atoms with Crippen LogP contribution in [0.25, 0.3) is 0 Å². The fourth-order valence-corrected chi connectivity index (χ4v) is 8.74. The Kier molecular flexibility index (Phi) is 15.9. The summed E-state index contributed by atoms with van der Waals surface area (Å²) in [5.41, 5.74) is 5.01. The molecule has 18 nitrogen and oxygen atoms in total. The second-order valence-electron chi connectivity index (χ2n) is 19.4. The third kappa shape index (κ3) is 13.2. The minimum atomic E-state index is -0.757. The molecule has 7 N–H and O–H groups in total. The summed E-state index contributed by atoms with van der Waals surface area (Å²) in [4.78, 5) is 55.8. The summed E-state index contributed by atoms with van der Waals surface area (Å²) >= 11 is 0. The average Bonchev–Trinajstić information content (AvgIpc) is 3.29. The number of nitrogens with one attached hydrogen (secondary N) is 5. The van der Waals surface area contributed by atoms with Crippen LogP contribution in [-0.4, -0.2) is 180 Å². The molecule has 2 atom stereocenters. The highest BCUT2D eigenvalue weighted by Crippen LogP contribution is 2.28. The van der Waals surface area contributed by atoms with Crippen molar-refractivity contribution in [2.75, 3.05) is 115 Å². The maximum Gasteiger partial charge on any atom is 0.270 e. The van der Waals surface area contributed by atoms with Gasteiger partial charge in [0.25, 0.3) is 11.8 Å². The molecular formula is C49H69N13O5. The second-order valence-corrected chi connectivity index (χ2v) is 19.4. The van der Waals surface area contributed by atoms with E-state index < -0.39 is 23.5 Å². The molecule has 2 aromatic carbocycles. The van der Waals surface area contributed by atoms with E-state index in [0.717, 1.165) is 52.1 Å². The molecule has 4 aliphatic heterocycles. The lowest BCUT2D eigenvalue weighted by Gasteiger charge is -2.32. The van der Waals surface area contributed by atoms with Gasteiger partial charge in [0.1, 0.15) is 28.8 Å². The van der Waals surface area contributed by atoms with Crippen LogP contribution < -0.4 is 31.5 Å². The van der Waals surface area contributed by atoms with Crippen molar-refractivity contribution in [1.82, 2.24) is 50.6 Å². The summed E-state index contributed by atoms with van der Waals surface area (Å²) in [6.07, 6.45) is 0.900. The topological polar surface area (TPSA) is 208 Å². The largest absolute Gasteiger partial charge is 0.390 e. The second kappa shape index (κ2) is 22.2. The highest BCUT2D eigenvalue weighted by atomic mass is 16.5. The van der Waals surface area contributed by atoms with Gasteiger partial charge in [-0.25, -0.2) is 15.0 Å². The molecule has 2 amide bonds. The van der Waals surface area contributed by atoms with Crippen LogP contribution in [0.3, 0.4) is 0 Å². The lowest BCUT2D eigenvalue weighted by Crippen LogP contribution is -2.51. The molecule has 4 aromatic rings. The Balaban J connectivity index is 0.944. The van der Waals surface area contributed by atoms with Gasteiger partial charge in [-0.2, -0.15) is 4.98 Å². The molecule has 0 aliphatic carbocycles. The van der Waals surface area contributed by atoms with Gasteiger partial charge in [0.15, 0.2) is 0 Å². The molecule has 2 aromatic heterocycles. The van der Waals surface area contributed by atoms with Gasteiger partial charge in [0.2, 0.25) is 5.95 Å². The number of aliphatic hydroxyl groups is 2. The van der Waals surface area contributed by atoms with Crippen molar-refractivity contribution in [2.45, 2.75) is 75.9 Å². The number of anilines is 3. The van der Waals surface area contributed by atoms with E-state index in [0.29, 0.717) is 75.8 Å². The van der Waals surface area contributed by atoms with E-state index in [4.69, 9.17) is 24.7 Å². The summed E-state index contributed by atoms with van der Waals surface area (Å²) < 4.78 is 5.42. The number of hydrogen-bond donors (Lipinski definition) is 7. The van der Waals surface area contributed by atoms with Gasteiger partial charge in [-0.3, -0.25) is 19.4 Å². The Hall–Kier alpha value is -5.34. The van der Waals surface area contributed by atoms with Crippen LogP contribution in [0.4, 0.5) is 17.6 Å². The molecule has 360 valence electrons. The molecule has 18 heteroatoms. The van der Waals surface area contributed by atoms with Crippen molar-refractivity contribution in [2.24, 2.45) is 0 Å². The van der Waals surface area contributed by atoms with Crippen molar-refractivity contribution in [3.63, 3.8) is 0 Å². The van der Waals surface area contributed by atoms with E-state index in [1.165, 1.54) is 22.3 Å². The van der Waals surface area contributed by atoms with Gasteiger partial charge in [0.05, 0.1) is 37.5 Å². The molecule has 4 aliphatic rings. The van der Waals surface area contributed by atoms with Crippen molar-refractivity contribution in [3.05, 3.63) is 100 Å². The van der Waals surface area contributed by atoms with Crippen molar-refractivity contribution < 1.29 is 24.5 Å². The smallest absolute Gasteiger partial charge is 0.270 e. The molecule has 8 rings (SSSR count). The van der Waals surface area contributed by atoms with Crippen LogP contribution in [0.2, 0.25) is 0 Å². The SMILES string of the molecule is CN(C)CCN(CCC(C)(C)c1nc(NC2COC2)cc(C(=O)NC[C@H](O)CN2CCc3ccccc3C2)n1)c1nc(NC2CNC2)cc(C(=O)NC[C@H](O)CN2CCc3ccccc3C2)n1. The van der Waals surface area contributed by atoms with Crippen molar-refractivity contribution in [1.29, 1.82) is 0 Å². The van der Waals surface area contributed by atoms with Gasteiger partial charge < -0.3 is 51.3 Å². The van der Waals surface area contributed by atoms with Gasteiger partial charge >= 0.3 is 0 Å². The molecule has 0 radical (unpaired) electrons. The monoisotopic (exact) mass is 920 g/mol. The maximum atomic E-state index is 13.8. The van der Waals surface area contributed by atoms with E-state index >= 15 is 0 Å². The predicted molar refractivity (Wildman–Crippen MR) is 259 cm³/mol. The van der Waals surface area contributed by atoms with Crippen LogP contribution >= 0.6 is 0 Å². The highest BCUT2D eigenvalue weighted by molar-refractivity contribution is 5.93. The Morgan fingerprint density at radius 1 is 0.746 bits per heavy atom. The molecule has 0 spiro atoms. The van der Waals surface area contributed by atoms with Crippen molar-refractivity contribution >= 4 is 29.4 Å². The zero-order valence-corrected chi connectivity index (χ0v) is 39.5. The number of hydrogen-bond acceptors (Lipinski definition) is 16. The fourth-order valence-electron chi connectivity index (χ4n) is 8.74. The van der Waals surface area contributed by atoms with E-state index in [1.807, 2.05) is 26.2 Å². The summed E-state index contributed by atoms with van der Waals surface area (Å²) in [6, 6.07) is 20.4. The summed E-state index contributed by atoms with van der Waals surface area (Å²) in [5, 5.41) is 38.1. The normalized spacial score (nSPS) is 17.7. The third-order valence-electron chi connectivity index (χ3n) is 13.1. The van der Waals surface area contributed by atoms with E-state index in [-0.39, 0.29) is 42.5 Å². The maximum absolute atomic E-state index is 13.8. The Morgan fingerprint density at radius 2 is 1.28 bits per heavy atom. The Bertz CT molecular complexity index is 2310. The number of aromatic nitrogens is 4. The first-order valence-corrected chi connectivity index (χ1v) is 23.8. The number of β-amino-alcohol motifs (C(OH)–C–C–N with tert-alkyl or cyclic N) is 2. The number of benzene rings is 2. The standard InChI is InChI=1S/C49H69N13O5/c1-49(2,47-55-41(21-43(57-47)54-38-31-67-32-38)45(65)51-25-39(63)29-60-16-13-33-9-5-7-11-35(33)27-60)15-18-62(20-19-59(3)4)48-56-42(22-44(58-48)53-37-23-50-24-37)46(66)52-26-40(64)30-61-17-14-34-10-6-8-12-36(34)28-61/h5-12,21-22,37-40,50,63-64H,13-20,23-32H2,1-4H3,(H,51,65)(H,52,66)(H,53,56,58)(H,54,55,57)/t39-,40-/m0/s1. The quantitative estimate of drug-likeness (QED) is 0.0596. The number of aliphatic hydroxyl groups excluding tert-OH is 2. The minimum Gasteiger partial charge on any atom is -0.390 e. The van der Waals surface area contributed by atoms with E-state index in [1.54, 1.807) is 12.1 Å². The van der Waals surface area contributed by atoms with Crippen LogP contribution in [0, 0.1) is 0 Å². The minimum absolute atomic E-state index is 0.0658. The number of ether oxygens (including phenoxy) is 1. The van der Waals surface area contributed by atoms with Crippen LogP contribution in [0.1, 0.15) is 69.3 Å². The van der Waals surface area contributed by atoms with Crippen LogP contribution in [0.5, 0.6) is 0 Å². The predicted octanol–water partition coefficient (Wildman–Crippen LogP) is 1.49. The summed E-state index contributed by atoms with van der Waals surface area (Å²) in [6.45, 7) is 12.8. The summed E-state index contributed by atoms with van der Waals surface area (Å²) in [7, 11) is 4.02. The number of nitrogens with zero attached hydrogens (tertiary/aromatic N) is 8. The molecule has 6 heterocycles. The molecule has 0 bridgehead atoms. The molecule has 0 unspecified atom stereocenters. The van der Waals surface area contributed by atoms with E-state index in [2.05, 4.69) is 96.4 Å². The first-order chi connectivity index (χ1) is 32.3. The first kappa shape index (κ1) is 48.1. The third-order valence-corrected chi connectivity index (χ3v) is 13.1. The Labute approximate surface area is 394 Å². The number of fused-ring (bicyclic) bond motifs is 2. The number of rotatable bonds is 22. The molecular weight excluding hydrogens is 851 g/mol. The first-order valence-electron chi connectivity index (χ1n) is 23.8. The Morgan fingerprint density at radius 3 is 1.81 bits per heavy atom. The number of carbonyl (C=O) groups excluding carboxylic acids is 2. The number of amides is 2. The van der Waals surface area contributed by atoms with Crippen LogP contribution in [-0.2, 0) is 36.1 Å². The fraction of sp³-hybridized carbons (Fsp3) is 0.551. The number of likely N-dealkylation sites (N-methyl/N-ethyl adjacent to an activating group) is 1. The molecule has 2 fully saturated rings. The molecule has 67 heavy (non-hydrogen) atoms. The lowest BCUT2D eigenvalue weighted by molar-refractivity contribution is 0.0209. The number of carbonyl (C=O) groups is 2. The zero-order chi connectivity index (χ0) is 46.9. The van der Waals surface area contributed by atoms with Gasteiger partial charge in [-0.15, -0.1) is 0 Å². The molecule has 0 saturated carbocycles. The summed E-state index contributed by atoms with van der Waals surface area (Å²) in [5.74, 6) is 1.19. The highest BCUT2D eigenvalue weighted by Gasteiger charge is 2.30. The lowest BCUT2D eigenvalue weighted by atomic mass is 9.87.